The van der Waals surface area contributed by atoms with Crippen molar-refractivity contribution >= 4 is 70.1 Å². The molecule has 5 heterocycles. The Bertz CT molecular complexity index is 4580. The maximum atomic E-state index is 7.37. The quantitative estimate of drug-likeness (QED) is 0.0994. The molecule has 0 bridgehead atoms. The Hall–Kier alpha value is -9.55. The predicted octanol–water partition coefficient (Wildman–Crippen LogP) is 20.3. The monoisotopic (exact) mass is 1400 g/mol. The molecule has 0 amide bonds. The summed E-state index contributed by atoms with van der Waals surface area (Å²) in [7, 11) is 4.36. The number of benzene rings is 8. The molecule has 0 unspecified atom stereocenters. The van der Waals surface area contributed by atoms with E-state index < -0.39 is 5.41 Å². The first-order valence-corrected chi connectivity index (χ1v) is 32.2. The van der Waals surface area contributed by atoms with Crippen molar-refractivity contribution in [2.45, 2.75) is 90.9 Å². The second-order valence-corrected chi connectivity index (χ2v) is 27.3. The standard InChI is InChI=1S/C84H77B2N6O.Pt/c1-81(2,3)61-39-42-74-69(53-61)66-41-40-64(56-77(66)92(74)78-54-62(43-50-89-78)84(10,59-27-13-11-14-28-59)60-29-15-12-16-30-60)93-65-52-58(79-70(82(4,5)6)33-24-34-71(79)83(7,8)9)51-63(55-65)90-57-91(76-38-18-17-37-75(76)90)80-67(72-35-25-48-87-46-21-19-44-85-72)31-23-32-68(80)73-36-26-49-88-47-22-20-45-86-73;/h11-54,57,87-88H,1-10H3;/q-3;/b44-19-,45-20-,46-21-,47-22-,48-25-,49-26-,72-35-,73-36-;. The maximum Gasteiger partial charge on any atom is 0.182 e. The molecule has 0 fully saturated rings. The minimum atomic E-state index is -0.494. The Morgan fingerprint density at radius 2 is 1.05 bits per heavy atom. The molecule has 94 heavy (non-hydrogen) atoms. The van der Waals surface area contributed by atoms with E-state index in [9.17, 15) is 0 Å². The molecule has 7 nitrogen and oxygen atoms in total. The van der Waals surface area contributed by atoms with Gasteiger partial charge in [-0.25, -0.2) is 4.98 Å². The van der Waals surface area contributed by atoms with Crippen molar-refractivity contribution in [1.29, 1.82) is 0 Å². The summed E-state index contributed by atoms with van der Waals surface area (Å²) in [5.74, 6) is 6.08. The van der Waals surface area contributed by atoms with Crippen molar-refractivity contribution in [3.63, 3.8) is 0 Å². The van der Waals surface area contributed by atoms with E-state index in [2.05, 4.69) is 340 Å². The van der Waals surface area contributed by atoms with Gasteiger partial charge in [-0.1, -0.05) is 224 Å². The van der Waals surface area contributed by atoms with Gasteiger partial charge < -0.3 is 29.7 Å². The van der Waals surface area contributed by atoms with E-state index in [1.807, 2.05) is 55.3 Å². The van der Waals surface area contributed by atoms with E-state index in [1.165, 1.54) is 33.4 Å². The van der Waals surface area contributed by atoms with Crippen molar-refractivity contribution in [1.82, 2.24) is 20.2 Å². The van der Waals surface area contributed by atoms with Crippen molar-refractivity contribution in [2.24, 2.45) is 0 Å². The molecule has 3 aliphatic heterocycles. The van der Waals surface area contributed by atoms with Crippen LogP contribution in [-0.4, -0.2) is 24.1 Å². The van der Waals surface area contributed by atoms with Gasteiger partial charge in [0.1, 0.15) is 5.82 Å². The van der Waals surface area contributed by atoms with Crippen LogP contribution >= 0.6 is 0 Å². The number of fused-ring (bicyclic) bond motifs is 4. The average Bonchev–Trinajstić information content (AvgIpc) is 1.52. The van der Waals surface area contributed by atoms with Gasteiger partial charge in [0.15, 0.2) is 14.6 Å². The molecule has 10 heteroatoms. The summed E-state index contributed by atoms with van der Waals surface area (Å²) >= 11 is 0. The van der Waals surface area contributed by atoms with Crippen LogP contribution in [0.25, 0.3) is 49.7 Å². The molecule has 8 aromatic carbocycles. The number of rotatable bonds is 11. The molecule has 3 aliphatic rings. The topological polar surface area (TPSA) is 57.6 Å². The van der Waals surface area contributed by atoms with Gasteiger partial charge in [-0.15, -0.1) is 65.6 Å². The molecule has 13 rings (SSSR count). The fraction of sp³-hybridized carbons (Fsp3) is 0.167. The number of allylic oxidation sites excluding steroid dienone is 8. The molecule has 0 saturated heterocycles. The molecule has 0 saturated carbocycles. The van der Waals surface area contributed by atoms with Crippen LogP contribution in [-0.2, 0) is 42.7 Å². The van der Waals surface area contributed by atoms with Gasteiger partial charge in [-0.05, 0) is 133 Å². The van der Waals surface area contributed by atoms with Crippen molar-refractivity contribution in [2.75, 3.05) is 9.80 Å². The van der Waals surface area contributed by atoms with Crippen LogP contribution in [0.5, 0.6) is 11.5 Å². The predicted molar refractivity (Wildman–Crippen MR) is 393 cm³/mol. The fourth-order valence-corrected chi connectivity index (χ4v) is 13.1. The Labute approximate surface area is 572 Å². The second-order valence-electron chi connectivity index (χ2n) is 27.3. The summed E-state index contributed by atoms with van der Waals surface area (Å²) in [4.78, 5) is 9.84. The summed E-state index contributed by atoms with van der Waals surface area (Å²) in [5.41, 5.74) is 18.4. The molecular formula is C84H77B2N6OPt-3. The summed E-state index contributed by atoms with van der Waals surface area (Å²) in [5, 5.41) is 8.72. The van der Waals surface area contributed by atoms with Crippen LogP contribution in [0.15, 0.2) is 267 Å². The molecule has 2 N–H and O–H groups in total. The Morgan fingerprint density at radius 1 is 0.479 bits per heavy atom. The number of para-hydroxylation sites is 3. The van der Waals surface area contributed by atoms with E-state index in [4.69, 9.17) is 9.72 Å². The van der Waals surface area contributed by atoms with Gasteiger partial charge in [0.05, 0.1) is 0 Å². The van der Waals surface area contributed by atoms with Crippen LogP contribution in [0.1, 0.15) is 114 Å². The number of anilines is 4. The van der Waals surface area contributed by atoms with Crippen LogP contribution in [0.2, 0.25) is 0 Å². The minimum absolute atomic E-state index is 0. The van der Waals surface area contributed by atoms with Crippen LogP contribution in [0.3, 0.4) is 0 Å². The molecule has 10 aromatic rings. The molecule has 0 atom stereocenters. The maximum absolute atomic E-state index is 7.37. The number of ether oxygens (including phenoxy) is 1. The zero-order valence-electron chi connectivity index (χ0n) is 55.1. The largest absolute Gasteiger partial charge is 0.509 e. The molecule has 0 spiro atoms. The number of pyridine rings is 1. The summed E-state index contributed by atoms with van der Waals surface area (Å²) < 4.78 is 9.64. The van der Waals surface area contributed by atoms with E-state index in [0.29, 0.717) is 11.5 Å². The van der Waals surface area contributed by atoms with Gasteiger partial charge in [-0.2, -0.15) is 6.07 Å². The number of nitrogens with one attached hydrogen (secondary N) is 2. The summed E-state index contributed by atoms with van der Waals surface area (Å²) in [6, 6.07) is 71.4. The van der Waals surface area contributed by atoms with E-state index >= 15 is 0 Å². The van der Waals surface area contributed by atoms with E-state index in [1.54, 1.807) is 0 Å². The Morgan fingerprint density at radius 3 is 1.65 bits per heavy atom. The Balaban J connectivity index is 0.00000848. The number of aromatic nitrogens is 2. The molecule has 2 aromatic heterocycles. The van der Waals surface area contributed by atoms with Crippen LogP contribution in [0, 0.1) is 18.8 Å². The number of hydrogen-bond donors (Lipinski definition) is 2. The van der Waals surface area contributed by atoms with Gasteiger partial charge >= 0.3 is 0 Å². The Kier molecular flexibility index (Phi) is 18.4. The molecular weight excluding hydrogens is 1330 g/mol. The zero-order chi connectivity index (χ0) is 64.5. The first kappa shape index (κ1) is 64.5. The van der Waals surface area contributed by atoms with Gasteiger partial charge in [0, 0.05) is 91.6 Å². The third-order valence-corrected chi connectivity index (χ3v) is 17.9. The average molecular weight is 1400 g/mol. The van der Waals surface area contributed by atoms with Gasteiger partial charge in [0.25, 0.3) is 0 Å². The van der Waals surface area contributed by atoms with Crippen LogP contribution < -0.4 is 25.2 Å². The van der Waals surface area contributed by atoms with Crippen molar-refractivity contribution in [3.05, 3.63) is 331 Å². The van der Waals surface area contributed by atoms with Crippen molar-refractivity contribution < 1.29 is 25.8 Å². The normalized spacial score (nSPS) is 17.5. The zero-order valence-corrected chi connectivity index (χ0v) is 57.4. The van der Waals surface area contributed by atoms with E-state index in [0.717, 1.165) is 83.6 Å². The van der Waals surface area contributed by atoms with Crippen molar-refractivity contribution in [3.8, 4) is 28.4 Å². The number of hydrogen-bond acceptors (Lipinski definition) is 6. The van der Waals surface area contributed by atoms with E-state index in [-0.39, 0.29) is 37.3 Å². The minimum Gasteiger partial charge on any atom is -0.509 e. The third kappa shape index (κ3) is 13.0. The summed E-state index contributed by atoms with van der Waals surface area (Å²) in [6.45, 7) is 25.2. The second kappa shape index (κ2) is 26.8. The number of nitrogens with zero attached hydrogens (tertiary/aromatic N) is 4. The van der Waals surface area contributed by atoms with Gasteiger partial charge in [-0.3, -0.25) is 0 Å². The first-order valence-electron chi connectivity index (χ1n) is 32.2. The smallest absolute Gasteiger partial charge is 0.182 e. The molecule has 0 aliphatic carbocycles. The molecule has 468 valence electrons. The first-order chi connectivity index (χ1) is 44.9. The van der Waals surface area contributed by atoms with Gasteiger partial charge in [0.2, 0.25) is 0 Å². The third-order valence-electron chi connectivity index (χ3n) is 17.9. The van der Waals surface area contributed by atoms with Crippen LogP contribution in [0.4, 0.5) is 22.7 Å². The SMILES string of the molecule is CC(C)(C)c1ccc2c(c1)c1ccc(Oc3[c-]c(N4[CH-]N(c5c(/C6=C/C=C\N/C=C\C=C/[B]6)cccc5/C5=C/C=C\N/C=C\C=C/[B]5)c5ccccc54)cc(-c4c(C(C)(C)C)cccc4C(C)(C)C)c3)[c-]c1n2-c1cc(C(C)(c2ccccc2)c2ccccc2)ccn1.[Pt]. The fourth-order valence-electron chi connectivity index (χ4n) is 13.1. The summed E-state index contributed by atoms with van der Waals surface area (Å²) in [6.07, 6.45) is 26.2. The molecule has 2 radical (unpaired) electrons.